The summed E-state index contributed by atoms with van der Waals surface area (Å²) in [6, 6.07) is 6.87. The van der Waals surface area contributed by atoms with Crippen molar-refractivity contribution in [3.8, 4) is 5.75 Å². The molecule has 0 aliphatic carbocycles. The van der Waals surface area contributed by atoms with Crippen molar-refractivity contribution in [3.05, 3.63) is 62.4 Å². The Morgan fingerprint density at radius 3 is 2.57 bits per heavy atom. The van der Waals surface area contributed by atoms with Gasteiger partial charge in [-0.05, 0) is 36.1 Å². The number of nitrogens with zero attached hydrogens (tertiary/aromatic N) is 2. The molecular weight excluding hydrogens is 296 g/mol. The van der Waals surface area contributed by atoms with Gasteiger partial charge < -0.3 is 4.74 Å². The Morgan fingerprint density at radius 1 is 1.22 bits per heavy atom. The molecule has 1 heterocycles. The number of hydrogen-bond acceptors (Lipinski definition) is 4. The molecule has 1 aromatic heterocycles. The highest BCUT2D eigenvalue weighted by Gasteiger charge is 2.11. The first-order chi connectivity index (χ1) is 10.8. The van der Waals surface area contributed by atoms with E-state index in [9.17, 15) is 14.4 Å². The van der Waals surface area contributed by atoms with Crippen LogP contribution in [0.2, 0.25) is 0 Å². The van der Waals surface area contributed by atoms with E-state index in [0.29, 0.717) is 11.7 Å². The Hall–Kier alpha value is -2.63. The van der Waals surface area contributed by atoms with Crippen LogP contribution in [-0.2, 0) is 18.4 Å². The Morgan fingerprint density at radius 2 is 1.91 bits per heavy atom. The van der Waals surface area contributed by atoms with Gasteiger partial charge in [0, 0.05) is 19.3 Å². The monoisotopic (exact) mass is 316 g/mol. The van der Waals surface area contributed by atoms with Crippen LogP contribution >= 0.6 is 0 Å². The molecule has 0 unspecified atom stereocenters. The number of carbonyl (C=O) groups is 1. The maximum atomic E-state index is 12.1. The number of esters is 1. The predicted molar refractivity (Wildman–Crippen MR) is 86.8 cm³/mol. The number of aryl methyl sites for hydroxylation is 1. The zero-order valence-corrected chi connectivity index (χ0v) is 13.7. The highest BCUT2D eigenvalue weighted by atomic mass is 16.5. The summed E-state index contributed by atoms with van der Waals surface area (Å²) < 4.78 is 7.41. The van der Waals surface area contributed by atoms with E-state index in [4.69, 9.17) is 4.74 Å². The van der Waals surface area contributed by atoms with E-state index in [1.165, 1.54) is 19.3 Å². The minimum Gasteiger partial charge on any atom is -0.425 e. The lowest BCUT2D eigenvalue weighted by molar-refractivity contribution is -0.135. The van der Waals surface area contributed by atoms with E-state index in [-0.39, 0.29) is 6.54 Å². The molecule has 0 atom stereocenters. The lowest BCUT2D eigenvalue weighted by atomic mass is 10.0. The number of carbonyl (C=O) groups excluding carboxylic acids is 1. The van der Waals surface area contributed by atoms with E-state index < -0.39 is 17.2 Å². The van der Waals surface area contributed by atoms with Crippen molar-refractivity contribution in [1.29, 1.82) is 0 Å². The Kier molecular flexibility index (Phi) is 4.83. The van der Waals surface area contributed by atoms with E-state index in [0.717, 1.165) is 20.3 Å². The van der Waals surface area contributed by atoms with Crippen molar-refractivity contribution in [1.82, 2.24) is 9.13 Å². The van der Waals surface area contributed by atoms with E-state index in [1.807, 2.05) is 19.1 Å². The fourth-order valence-electron chi connectivity index (χ4n) is 2.21. The maximum absolute atomic E-state index is 12.1. The van der Waals surface area contributed by atoms with Gasteiger partial charge in [-0.1, -0.05) is 19.9 Å². The molecule has 0 N–H and O–H groups in total. The molecule has 0 saturated heterocycles. The molecular formula is C17H20N2O4. The normalized spacial score (nSPS) is 10.8. The molecule has 0 saturated carbocycles. The smallest absolute Gasteiger partial charge is 0.331 e. The van der Waals surface area contributed by atoms with Gasteiger partial charge in [0.25, 0.3) is 5.56 Å². The molecule has 0 radical (unpaired) electrons. The van der Waals surface area contributed by atoms with Crippen LogP contribution in [0, 0.1) is 6.92 Å². The van der Waals surface area contributed by atoms with Gasteiger partial charge in [0.15, 0.2) is 0 Å². The summed E-state index contributed by atoms with van der Waals surface area (Å²) in [5, 5.41) is 0. The number of benzene rings is 1. The lowest BCUT2D eigenvalue weighted by Crippen LogP contribution is -2.38. The third kappa shape index (κ3) is 3.97. The zero-order valence-electron chi connectivity index (χ0n) is 13.7. The molecule has 0 amide bonds. The van der Waals surface area contributed by atoms with Crippen LogP contribution in [0.5, 0.6) is 5.75 Å². The van der Waals surface area contributed by atoms with Crippen LogP contribution in [0.1, 0.15) is 30.9 Å². The summed E-state index contributed by atoms with van der Waals surface area (Å²) in [7, 11) is 1.36. The molecule has 1 aromatic carbocycles. The summed E-state index contributed by atoms with van der Waals surface area (Å²) in [6.45, 7) is 5.80. The Balaban J connectivity index is 2.19. The third-order valence-electron chi connectivity index (χ3n) is 3.53. The molecule has 0 bridgehead atoms. The molecule has 2 rings (SSSR count). The molecule has 0 fully saturated rings. The minimum atomic E-state index is -0.564. The highest BCUT2D eigenvalue weighted by Crippen LogP contribution is 2.22. The van der Waals surface area contributed by atoms with Crippen LogP contribution in [-0.4, -0.2) is 15.1 Å². The van der Waals surface area contributed by atoms with Crippen molar-refractivity contribution in [2.24, 2.45) is 7.05 Å². The van der Waals surface area contributed by atoms with E-state index >= 15 is 0 Å². The molecule has 6 nitrogen and oxygen atoms in total. The van der Waals surface area contributed by atoms with Gasteiger partial charge in [0.05, 0.1) is 0 Å². The van der Waals surface area contributed by atoms with Gasteiger partial charge in [0.2, 0.25) is 0 Å². The van der Waals surface area contributed by atoms with Crippen LogP contribution in [0.15, 0.2) is 40.1 Å². The van der Waals surface area contributed by atoms with Crippen molar-refractivity contribution in [3.63, 3.8) is 0 Å². The Bertz CT molecular complexity index is 846. The number of rotatable bonds is 4. The molecule has 0 spiro atoms. The van der Waals surface area contributed by atoms with Crippen molar-refractivity contribution < 1.29 is 9.53 Å². The molecule has 2 aromatic rings. The fraction of sp³-hybridized carbons (Fsp3) is 0.353. The number of ether oxygens (including phenoxy) is 1. The molecule has 0 aliphatic rings. The van der Waals surface area contributed by atoms with Crippen molar-refractivity contribution >= 4 is 5.97 Å². The Labute approximate surface area is 134 Å². The van der Waals surface area contributed by atoms with Gasteiger partial charge in [-0.3, -0.25) is 13.9 Å². The minimum absolute atomic E-state index is 0.252. The second-order valence-corrected chi connectivity index (χ2v) is 5.83. The SMILES string of the molecule is Cc1cc(OC(=O)Cn2ccc(=O)n(C)c2=O)cc(C(C)C)c1. The van der Waals surface area contributed by atoms with Crippen molar-refractivity contribution in [2.45, 2.75) is 33.2 Å². The topological polar surface area (TPSA) is 70.3 Å². The van der Waals surface area contributed by atoms with Gasteiger partial charge in [-0.25, -0.2) is 9.59 Å². The van der Waals surface area contributed by atoms with Crippen molar-refractivity contribution in [2.75, 3.05) is 0 Å². The summed E-state index contributed by atoms with van der Waals surface area (Å²) in [5.41, 5.74) is 1.10. The molecule has 122 valence electrons. The number of aromatic nitrogens is 2. The van der Waals surface area contributed by atoms with Crippen LogP contribution in [0.3, 0.4) is 0 Å². The molecule has 6 heteroatoms. The first-order valence-electron chi connectivity index (χ1n) is 7.36. The van der Waals surface area contributed by atoms with Gasteiger partial charge in [-0.2, -0.15) is 0 Å². The number of hydrogen-bond donors (Lipinski definition) is 0. The average Bonchev–Trinajstić information content (AvgIpc) is 2.47. The third-order valence-corrected chi connectivity index (χ3v) is 3.53. The zero-order chi connectivity index (χ0) is 17.1. The van der Waals surface area contributed by atoms with Gasteiger partial charge in [0.1, 0.15) is 12.3 Å². The first kappa shape index (κ1) is 16.7. The average molecular weight is 316 g/mol. The summed E-state index contributed by atoms with van der Waals surface area (Å²) in [6.07, 6.45) is 1.29. The second-order valence-electron chi connectivity index (χ2n) is 5.83. The fourth-order valence-corrected chi connectivity index (χ4v) is 2.21. The van der Waals surface area contributed by atoms with Gasteiger partial charge in [-0.15, -0.1) is 0 Å². The summed E-state index contributed by atoms with van der Waals surface area (Å²) >= 11 is 0. The quantitative estimate of drug-likeness (QED) is 0.634. The summed E-state index contributed by atoms with van der Waals surface area (Å²) in [4.78, 5) is 35.3. The largest absolute Gasteiger partial charge is 0.425 e. The summed E-state index contributed by atoms with van der Waals surface area (Å²) in [5.74, 6) is 0.209. The van der Waals surface area contributed by atoms with E-state index in [1.54, 1.807) is 6.07 Å². The second kappa shape index (κ2) is 6.64. The first-order valence-corrected chi connectivity index (χ1v) is 7.36. The highest BCUT2D eigenvalue weighted by molar-refractivity contribution is 5.72. The predicted octanol–water partition coefficient (Wildman–Crippen LogP) is 1.58. The van der Waals surface area contributed by atoms with E-state index in [2.05, 4.69) is 13.8 Å². The lowest BCUT2D eigenvalue weighted by Gasteiger charge is -2.11. The molecule has 0 aliphatic heterocycles. The standard InChI is InChI=1S/C17H20N2O4/c1-11(2)13-7-12(3)8-14(9-13)23-16(21)10-19-6-5-15(20)18(4)17(19)22/h5-9,11H,10H2,1-4H3. The molecule has 23 heavy (non-hydrogen) atoms. The van der Waals surface area contributed by atoms with Crippen LogP contribution in [0.25, 0.3) is 0 Å². The van der Waals surface area contributed by atoms with Crippen LogP contribution < -0.4 is 16.0 Å². The van der Waals surface area contributed by atoms with Crippen LogP contribution in [0.4, 0.5) is 0 Å². The maximum Gasteiger partial charge on any atom is 0.331 e. The van der Waals surface area contributed by atoms with Gasteiger partial charge >= 0.3 is 11.7 Å².